The zero-order valence-electron chi connectivity index (χ0n) is 19.0. The summed E-state index contributed by atoms with van der Waals surface area (Å²) >= 11 is 0. The number of nitrogens with zero attached hydrogens (tertiary/aromatic N) is 2. The van der Waals surface area contributed by atoms with Gasteiger partial charge in [0.15, 0.2) is 15.6 Å². The minimum Gasteiger partial charge on any atom is -0.324 e. The summed E-state index contributed by atoms with van der Waals surface area (Å²) in [5.41, 5.74) is 2.65. The zero-order chi connectivity index (χ0) is 23.4. The average Bonchev–Trinajstić information content (AvgIpc) is 3.12. The summed E-state index contributed by atoms with van der Waals surface area (Å²) in [6.45, 7) is 12.1. The number of hydrogen-bond acceptors (Lipinski definition) is 5. The molecule has 170 valence electrons. The summed E-state index contributed by atoms with van der Waals surface area (Å²) in [7, 11) is -3.14. The van der Waals surface area contributed by atoms with Crippen LogP contribution in [-0.4, -0.2) is 31.7 Å². The highest BCUT2D eigenvalue weighted by Gasteiger charge is 2.41. The van der Waals surface area contributed by atoms with Crippen LogP contribution in [0.25, 0.3) is 0 Å². The number of carbonyl (C=O) groups is 1. The third-order valence-corrected chi connectivity index (χ3v) is 8.31. The molecule has 5 nitrogen and oxygen atoms in total. The molecule has 7 heteroatoms. The highest BCUT2D eigenvalue weighted by molar-refractivity contribution is 7.91. The van der Waals surface area contributed by atoms with Gasteiger partial charge in [0.25, 0.3) is 0 Å². The Morgan fingerprint density at radius 2 is 1.94 bits per heavy atom. The van der Waals surface area contributed by atoms with Gasteiger partial charge in [-0.05, 0) is 56.4 Å². The number of aryl methyl sites for hydroxylation is 1. The number of carbonyl (C=O) groups excluding carboxylic acids is 1. The number of anilines is 3. The van der Waals surface area contributed by atoms with Crippen molar-refractivity contribution in [1.29, 1.82) is 0 Å². The molecule has 1 saturated heterocycles. The molecule has 2 heterocycles. The molecule has 2 aromatic carbocycles. The average molecular weight is 457 g/mol. The van der Waals surface area contributed by atoms with Crippen LogP contribution >= 0.6 is 0 Å². The van der Waals surface area contributed by atoms with Gasteiger partial charge in [-0.3, -0.25) is 9.69 Å². The number of Topliss-reactive ketones (excluding diaryl/α,β-unsaturated/α-hetero) is 1. The quantitative estimate of drug-likeness (QED) is 0.566. The Morgan fingerprint density at radius 3 is 2.53 bits per heavy atom. The van der Waals surface area contributed by atoms with Gasteiger partial charge in [0.05, 0.1) is 28.4 Å². The third kappa shape index (κ3) is 3.94. The lowest BCUT2D eigenvalue weighted by Crippen LogP contribution is -2.30. The maximum atomic E-state index is 15.3. The number of hydrogen-bond donors (Lipinski definition) is 0. The maximum Gasteiger partial charge on any atom is 0.166 e. The molecule has 0 saturated carbocycles. The van der Waals surface area contributed by atoms with Crippen molar-refractivity contribution in [2.24, 2.45) is 5.41 Å². The van der Waals surface area contributed by atoms with Gasteiger partial charge in [-0.1, -0.05) is 25.6 Å². The number of halogens is 1. The molecule has 0 aliphatic carbocycles. The molecule has 0 radical (unpaired) electrons. The molecule has 1 atom stereocenters. The van der Waals surface area contributed by atoms with E-state index < -0.39 is 21.1 Å². The van der Waals surface area contributed by atoms with Gasteiger partial charge in [0.1, 0.15) is 11.6 Å². The van der Waals surface area contributed by atoms with Crippen molar-refractivity contribution in [2.45, 2.75) is 46.6 Å². The van der Waals surface area contributed by atoms with Crippen LogP contribution in [0.1, 0.15) is 49.5 Å². The van der Waals surface area contributed by atoms with Crippen molar-refractivity contribution in [2.75, 3.05) is 21.3 Å². The van der Waals surface area contributed by atoms with Crippen LogP contribution in [0.5, 0.6) is 0 Å². The maximum absolute atomic E-state index is 15.3. The van der Waals surface area contributed by atoms with E-state index in [1.807, 2.05) is 54.8 Å². The van der Waals surface area contributed by atoms with Crippen molar-refractivity contribution in [3.63, 3.8) is 0 Å². The van der Waals surface area contributed by atoms with Crippen LogP contribution in [-0.2, 0) is 9.84 Å². The fourth-order valence-corrected chi connectivity index (χ4v) is 7.11. The Morgan fingerprint density at radius 1 is 1.22 bits per heavy atom. The van der Waals surface area contributed by atoms with Crippen LogP contribution in [0.4, 0.5) is 21.5 Å². The lowest BCUT2D eigenvalue weighted by molar-refractivity contribution is 0.0930. The molecule has 0 amide bonds. The van der Waals surface area contributed by atoms with Crippen molar-refractivity contribution in [3.05, 3.63) is 65.7 Å². The van der Waals surface area contributed by atoms with E-state index in [9.17, 15) is 13.2 Å². The molecule has 4 rings (SSSR count). The smallest absolute Gasteiger partial charge is 0.166 e. The number of benzene rings is 2. The summed E-state index contributed by atoms with van der Waals surface area (Å²) in [5, 5.41) is 0. The number of rotatable bonds is 5. The first-order chi connectivity index (χ1) is 14.9. The first kappa shape index (κ1) is 22.5. The summed E-state index contributed by atoms with van der Waals surface area (Å²) in [6.07, 6.45) is 0.426. The van der Waals surface area contributed by atoms with Gasteiger partial charge in [0.2, 0.25) is 0 Å². The van der Waals surface area contributed by atoms with Gasteiger partial charge in [-0.25, -0.2) is 12.8 Å². The first-order valence-corrected chi connectivity index (χ1v) is 12.6. The highest BCUT2D eigenvalue weighted by Crippen LogP contribution is 2.48. The Balaban J connectivity index is 1.75. The highest BCUT2D eigenvalue weighted by atomic mass is 32.2. The van der Waals surface area contributed by atoms with Gasteiger partial charge >= 0.3 is 0 Å². The fourth-order valence-electron chi connectivity index (χ4n) is 4.85. The number of ketones is 1. The SMILES string of the molecule is C=C1N(c2cccc(C)c2)c2cc(F)c(C(=O)C[C@@]3(C)CCS(=O)(=O)C3)cc2N1C(C)C. The van der Waals surface area contributed by atoms with Crippen molar-refractivity contribution in [3.8, 4) is 0 Å². The summed E-state index contributed by atoms with van der Waals surface area (Å²) in [5.74, 6) is -0.231. The summed E-state index contributed by atoms with van der Waals surface area (Å²) in [6, 6.07) is 10.9. The molecule has 2 aliphatic rings. The molecule has 0 bridgehead atoms. The van der Waals surface area contributed by atoms with Crippen molar-refractivity contribution >= 4 is 32.7 Å². The Bertz CT molecular complexity index is 1220. The predicted octanol–water partition coefficient (Wildman–Crippen LogP) is 5.37. The third-order valence-electron chi connectivity index (χ3n) is 6.35. The molecular formula is C25H29FN2O3S. The summed E-state index contributed by atoms with van der Waals surface area (Å²) in [4.78, 5) is 17.0. The van der Waals surface area contributed by atoms with Crippen LogP contribution in [0.15, 0.2) is 48.8 Å². The topological polar surface area (TPSA) is 57.7 Å². The van der Waals surface area contributed by atoms with E-state index in [0.717, 1.165) is 16.9 Å². The molecule has 2 aliphatic heterocycles. The van der Waals surface area contributed by atoms with Gasteiger partial charge < -0.3 is 4.90 Å². The van der Waals surface area contributed by atoms with Crippen LogP contribution < -0.4 is 9.80 Å². The van der Waals surface area contributed by atoms with Crippen molar-refractivity contribution in [1.82, 2.24) is 0 Å². The van der Waals surface area contributed by atoms with Crippen LogP contribution in [0.3, 0.4) is 0 Å². The van der Waals surface area contributed by atoms with E-state index in [0.29, 0.717) is 17.9 Å². The molecule has 1 fully saturated rings. The lowest BCUT2D eigenvalue weighted by atomic mass is 9.83. The van der Waals surface area contributed by atoms with Gasteiger partial charge in [-0.2, -0.15) is 0 Å². The van der Waals surface area contributed by atoms with Gasteiger partial charge in [0, 0.05) is 24.2 Å². The number of fused-ring (bicyclic) bond motifs is 1. The molecular weight excluding hydrogens is 427 g/mol. The largest absolute Gasteiger partial charge is 0.324 e. The predicted molar refractivity (Wildman–Crippen MR) is 127 cm³/mol. The molecule has 0 spiro atoms. The Labute approximate surface area is 189 Å². The second-order valence-electron chi connectivity index (χ2n) is 9.63. The molecule has 0 aromatic heterocycles. The Kier molecular flexibility index (Phi) is 5.44. The first-order valence-electron chi connectivity index (χ1n) is 10.8. The van der Waals surface area contributed by atoms with E-state index in [1.54, 1.807) is 13.0 Å². The van der Waals surface area contributed by atoms with E-state index in [-0.39, 0.29) is 35.3 Å². The van der Waals surface area contributed by atoms with E-state index >= 15 is 4.39 Å². The normalized spacial score (nSPS) is 22.0. The summed E-state index contributed by atoms with van der Waals surface area (Å²) < 4.78 is 39.1. The minimum absolute atomic E-state index is 0.00110. The standard InChI is InChI=1S/C25H29FN2O3S/c1-16(2)27-18(4)28(19-8-6-7-17(3)11-19)23-13-21(26)20(12-22(23)27)24(29)14-25(5)9-10-32(30,31)15-25/h6-8,11-13,16H,4,9-10,14-15H2,1-3,5H3/t25-/m1/s1. The minimum atomic E-state index is -3.14. The molecule has 0 N–H and O–H groups in total. The number of sulfone groups is 1. The van der Waals surface area contributed by atoms with E-state index in [1.165, 1.54) is 6.07 Å². The van der Waals surface area contributed by atoms with Crippen molar-refractivity contribution < 1.29 is 17.6 Å². The van der Waals surface area contributed by atoms with E-state index in [2.05, 4.69) is 6.58 Å². The lowest BCUT2D eigenvalue weighted by Gasteiger charge is -2.27. The second-order valence-corrected chi connectivity index (χ2v) is 11.8. The fraction of sp³-hybridized carbons (Fsp3) is 0.400. The Hall–Kier alpha value is -2.67. The molecule has 2 aromatic rings. The monoisotopic (exact) mass is 456 g/mol. The van der Waals surface area contributed by atoms with Crippen LogP contribution in [0.2, 0.25) is 0 Å². The zero-order valence-corrected chi connectivity index (χ0v) is 19.8. The van der Waals surface area contributed by atoms with E-state index in [4.69, 9.17) is 0 Å². The molecule has 0 unspecified atom stereocenters. The van der Waals surface area contributed by atoms with Gasteiger partial charge in [-0.15, -0.1) is 0 Å². The second kappa shape index (κ2) is 7.73. The van der Waals surface area contributed by atoms with Crippen LogP contribution in [0, 0.1) is 18.2 Å². The molecule has 32 heavy (non-hydrogen) atoms.